The summed E-state index contributed by atoms with van der Waals surface area (Å²) in [6.45, 7) is 7.76. The first-order valence-corrected chi connectivity index (χ1v) is 11.2. The van der Waals surface area contributed by atoms with E-state index in [-0.39, 0.29) is 0 Å². The Hall–Kier alpha value is -2.46. The topological polar surface area (TPSA) is 9.72 Å². The largest absolute Gasteiger partial charge is 0.296 e. The van der Waals surface area contributed by atoms with Gasteiger partial charge in [-0.15, -0.1) is 0 Å². The van der Waals surface area contributed by atoms with E-state index in [9.17, 15) is 0 Å². The molecular formula is C27H31N3. The Balaban J connectivity index is 1.31. The van der Waals surface area contributed by atoms with Crippen molar-refractivity contribution in [1.82, 2.24) is 14.7 Å². The molecule has 154 valence electrons. The fourth-order valence-corrected chi connectivity index (χ4v) is 5.17. The lowest BCUT2D eigenvalue weighted by Crippen LogP contribution is -2.67. The van der Waals surface area contributed by atoms with Gasteiger partial charge >= 0.3 is 0 Å². The molecule has 0 N–H and O–H groups in total. The van der Waals surface area contributed by atoms with Crippen molar-refractivity contribution in [3.63, 3.8) is 0 Å². The third kappa shape index (κ3) is 4.65. The highest BCUT2D eigenvalue weighted by Crippen LogP contribution is 2.27. The minimum absolute atomic E-state index is 0.574. The lowest BCUT2D eigenvalue weighted by atomic mass is 9.97. The van der Waals surface area contributed by atoms with Gasteiger partial charge in [0.05, 0.1) is 0 Å². The van der Waals surface area contributed by atoms with Gasteiger partial charge in [0.1, 0.15) is 0 Å². The van der Waals surface area contributed by atoms with Gasteiger partial charge in [0.2, 0.25) is 0 Å². The molecule has 2 fully saturated rings. The van der Waals surface area contributed by atoms with E-state index in [2.05, 4.69) is 106 Å². The van der Waals surface area contributed by atoms with E-state index in [0.717, 1.165) is 45.8 Å². The van der Waals surface area contributed by atoms with E-state index in [1.165, 1.54) is 16.7 Å². The second kappa shape index (κ2) is 9.13. The lowest BCUT2D eigenvalue weighted by molar-refractivity contribution is -0.0544. The fourth-order valence-electron chi connectivity index (χ4n) is 5.17. The number of piperazine rings is 2. The number of hydrogen-bond donors (Lipinski definition) is 0. The number of hydrogen-bond acceptors (Lipinski definition) is 3. The summed E-state index contributed by atoms with van der Waals surface area (Å²) in [6.07, 6.45) is 0. The maximum absolute atomic E-state index is 2.78. The van der Waals surface area contributed by atoms with E-state index < -0.39 is 0 Å². The molecule has 0 aromatic heterocycles. The van der Waals surface area contributed by atoms with Crippen LogP contribution in [0.3, 0.4) is 0 Å². The van der Waals surface area contributed by atoms with Gasteiger partial charge in [0, 0.05) is 57.9 Å². The van der Waals surface area contributed by atoms with Crippen LogP contribution in [-0.2, 0) is 19.6 Å². The zero-order valence-corrected chi connectivity index (χ0v) is 17.6. The Morgan fingerprint density at radius 3 is 1.17 bits per heavy atom. The molecule has 0 spiro atoms. The number of rotatable bonds is 6. The van der Waals surface area contributed by atoms with Crippen LogP contribution in [0.15, 0.2) is 91.0 Å². The predicted octanol–water partition coefficient (Wildman–Crippen LogP) is 4.26. The van der Waals surface area contributed by atoms with Crippen LogP contribution in [0.4, 0.5) is 0 Å². The summed E-state index contributed by atoms with van der Waals surface area (Å²) in [5, 5.41) is 0. The molecule has 2 aliphatic rings. The maximum atomic E-state index is 2.78. The van der Waals surface area contributed by atoms with Gasteiger partial charge in [0.15, 0.2) is 0 Å². The van der Waals surface area contributed by atoms with Crippen LogP contribution in [0, 0.1) is 0 Å². The van der Waals surface area contributed by atoms with Crippen molar-refractivity contribution < 1.29 is 0 Å². The first-order chi connectivity index (χ1) is 14.8. The van der Waals surface area contributed by atoms with Crippen molar-refractivity contribution >= 4 is 0 Å². The third-order valence-electron chi connectivity index (χ3n) is 6.52. The van der Waals surface area contributed by atoms with Gasteiger partial charge in [-0.25, -0.2) is 0 Å². The van der Waals surface area contributed by atoms with E-state index in [0.29, 0.717) is 12.1 Å². The zero-order valence-electron chi connectivity index (χ0n) is 17.6. The molecule has 0 unspecified atom stereocenters. The Bertz CT molecular complexity index is 843. The van der Waals surface area contributed by atoms with Gasteiger partial charge < -0.3 is 0 Å². The van der Waals surface area contributed by atoms with Crippen LogP contribution in [0.1, 0.15) is 16.7 Å². The molecule has 3 heteroatoms. The van der Waals surface area contributed by atoms with Gasteiger partial charge in [-0.05, 0) is 16.7 Å². The second-order valence-electron chi connectivity index (χ2n) is 8.82. The second-order valence-corrected chi connectivity index (χ2v) is 8.82. The standard InChI is InChI=1S/C27H31N3/c1-4-10-23(11-5-1)16-28-19-26-21-29(17-24-12-6-2-7-13-24)22-27(20-28)30(26)18-25-14-8-3-9-15-25/h1-15,26-27H,16-22H2. The van der Waals surface area contributed by atoms with Crippen LogP contribution < -0.4 is 0 Å². The molecule has 3 nitrogen and oxygen atoms in total. The van der Waals surface area contributed by atoms with Crippen LogP contribution in [0.2, 0.25) is 0 Å². The summed E-state index contributed by atoms with van der Waals surface area (Å²) in [5.41, 5.74) is 4.28. The highest BCUT2D eigenvalue weighted by Gasteiger charge is 2.40. The molecule has 0 saturated carbocycles. The van der Waals surface area contributed by atoms with Gasteiger partial charge in [-0.3, -0.25) is 14.7 Å². The first-order valence-electron chi connectivity index (χ1n) is 11.2. The van der Waals surface area contributed by atoms with Crippen LogP contribution in [0.25, 0.3) is 0 Å². The number of nitrogens with zero attached hydrogens (tertiary/aromatic N) is 3. The molecule has 0 radical (unpaired) electrons. The molecule has 2 bridgehead atoms. The smallest absolute Gasteiger partial charge is 0.0358 e. The predicted molar refractivity (Wildman–Crippen MR) is 123 cm³/mol. The number of benzene rings is 3. The minimum atomic E-state index is 0.574. The van der Waals surface area contributed by atoms with Gasteiger partial charge in [-0.2, -0.15) is 0 Å². The molecule has 0 aliphatic carbocycles. The van der Waals surface area contributed by atoms with Crippen molar-refractivity contribution in [3.05, 3.63) is 108 Å². The van der Waals surface area contributed by atoms with Gasteiger partial charge in [0.25, 0.3) is 0 Å². The van der Waals surface area contributed by atoms with Crippen molar-refractivity contribution in [2.45, 2.75) is 31.7 Å². The van der Waals surface area contributed by atoms with Crippen LogP contribution in [-0.4, -0.2) is 53.0 Å². The highest BCUT2D eigenvalue weighted by molar-refractivity contribution is 5.18. The molecule has 5 rings (SSSR count). The van der Waals surface area contributed by atoms with Crippen molar-refractivity contribution in [1.29, 1.82) is 0 Å². The maximum Gasteiger partial charge on any atom is 0.0358 e. The lowest BCUT2D eigenvalue weighted by Gasteiger charge is -2.53. The molecule has 3 aromatic carbocycles. The summed E-state index contributed by atoms with van der Waals surface area (Å²) in [5.74, 6) is 0. The van der Waals surface area contributed by atoms with Crippen molar-refractivity contribution in [2.75, 3.05) is 26.2 Å². The summed E-state index contributed by atoms with van der Waals surface area (Å²) in [7, 11) is 0. The summed E-state index contributed by atoms with van der Waals surface area (Å²) >= 11 is 0. The van der Waals surface area contributed by atoms with Crippen molar-refractivity contribution in [3.8, 4) is 0 Å². The van der Waals surface area contributed by atoms with Crippen LogP contribution >= 0.6 is 0 Å². The molecule has 2 heterocycles. The fraction of sp³-hybridized carbons (Fsp3) is 0.333. The molecule has 2 saturated heterocycles. The Labute approximate surface area is 180 Å². The molecular weight excluding hydrogens is 366 g/mol. The molecule has 3 aromatic rings. The first kappa shape index (κ1) is 19.5. The molecule has 2 aliphatic heterocycles. The third-order valence-corrected chi connectivity index (χ3v) is 6.52. The van der Waals surface area contributed by atoms with E-state index in [4.69, 9.17) is 0 Å². The Morgan fingerprint density at radius 2 is 0.800 bits per heavy atom. The van der Waals surface area contributed by atoms with Gasteiger partial charge in [-0.1, -0.05) is 91.0 Å². The van der Waals surface area contributed by atoms with E-state index >= 15 is 0 Å². The Kier molecular flexibility index (Phi) is 5.94. The quantitative estimate of drug-likeness (QED) is 0.615. The van der Waals surface area contributed by atoms with Crippen LogP contribution in [0.5, 0.6) is 0 Å². The SMILES string of the molecule is c1ccc(CN2CC3CN(Cc4ccccc4)CC(C2)N3Cc2ccccc2)cc1. The normalized spacial score (nSPS) is 22.8. The average molecular weight is 398 g/mol. The molecule has 0 amide bonds. The van der Waals surface area contributed by atoms with E-state index in [1.807, 2.05) is 0 Å². The minimum Gasteiger partial charge on any atom is -0.296 e. The number of fused-ring (bicyclic) bond motifs is 2. The average Bonchev–Trinajstić information content (AvgIpc) is 2.77. The van der Waals surface area contributed by atoms with E-state index in [1.54, 1.807) is 0 Å². The summed E-state index contributed by atoms with van der Waals surface area (Å²) < 4.78 is 0. The highest BCUT2D eigenvalue weighted by atomic mass is 15.4. The molecule has 30 heavy (non-hydrogen) atoms. The monoisotopic (exact) mass is 397 g/mol. The molecule has 0 atom stereocenters. The summed E-state index contributed by atoms with van der Waals surface area (Å²) in [4.78, 5) is 8.12. The Morgan fingerprint density at radius 1 is 0.467 bits per heavy atom. The summed E-state index contributed by atoms with van der Waals surface area (Å²) in [6, 6.07) is 34.0. The van der Waals surface area contributed by atoms with Crippen molar-refractivity contribution in [2.24, 2.45) is 0 Å². The zero-order chi connectivity index (χ0) is 20.2.